The highest BCUT2D eigenvalue weighted by atomic mass is 17.1. The third kappa shape index (κ3) is 7.16. The van der Waals surface area contributed by atoms with Crippen LogP contribution in [0.15, 0.2) is 58.8 Å². The van der Waals surface area contributed by atoms with Crippen LogP contribution in [0, 0.1) is 0 Å². The fourth-order valence-electron chi connectivity index (χ4n) is 2.63. The van der Waals surface area contributed by atoms with E-state index in [0.717, 1.165) is 29.2 Å². The molecule has 7 heteroatoms. The number of anilines is 1. The van der Waals surface area contributed by atoms with Gasteiger partial charge in [0.15, 0.2) is 0 Å². The number of nitrogens with zero attached hydrogens (tertiary/aromatic N) is 3. The van der Waals surface area contributed by atoms with E-state index in [1.165, 1.54) is 0 Å². The Labute approximate surface area is 158 Å². The summed E-state index contributed by atoms with van der Waals surface area (Å²) in [5.41, 5.74) is 3.59. The predicted molar refractivity (Wildman–Crippen MR) is 104 cm³/mol. The second-order valence-corrected chi connectivity index (χ2v) is 6.04. The first kappa shape index (κ1) is 20.5. The van der Waals surface area contributed by atoms with Gasteiger partial charge in [-0.1, -0.05) is 12.1 Å². The number of hydrogen-bond donors (Lipinski definition) is 2. The Balaban J connectivity index is 1.93. The van der Waals surface area contributed by atoms with Crippen molar-refractivity contribution in [3.63, 3.8) is 0 Å². The van der Waals surface area contributed by atoms with E-state index in [-0.39, 0.29) is 13.0 Å². The van der Waals surface area contributed by atoms with Crippen molar-refractivity contribution in [3.8, 4) is 0 Å². The highest BCUT2D eigenvalue weighted by molar-refractivity contribution is 5.66. The van der Waals surface area contributed by atoms with E-state index in [0.29, 0.717) is 19.4 Å². The molecule has 27 heavy (non-hydrogen) atoms. The smallest absolute Gasteiger partial charge is 0.303 e. The van der Waals surface area contributed by atoms with Gasteiger partial charge in [-0.2, -0.15) is 10.2 Å². The van der Waals surface area contributed by atoms with Crippen molar-refractivity contribution >= 4 is 23.0 Å². The molecule has 2 rings (SSSR count). The van der Waals surface area contributed by atoms with Gasteiger partial charge >= 0.3 is 5.97 Å². The van der Waals surface area contributed by atoms with Crippen LogP contribution >= 0.6 is 0 Å². The third-order valence-corrected chi connectivity index (χ3v) is 4.11. The Morgan fingerprint density at radius 3 is 2.15 bits per heavy atom. The minimum atomic E-state index is -0.767. The number of rotatable bonds is 11. The molecule has 0 heterocycles. The van der Waals surface area contributed by atoms with E-state index in [4.69, 9.17) is 10.4 Å². The number of aliphatic carboxylic acids is 1. The number of benzene rings is 2. The molecule has 0 saturated heterocycles. The number of carboxylic acid groups (broad SMARTS) is 1. The van der Waals surface area contributed by atoms with Crippen LogP contribution in [-0.2, 0) is 16.1 Å². The zero-order valence-electron chi connectivity index (χ0n) is 15.4. The summed E-state index contributed by atoms with van der Waals surface area (Å²) >= 11 is 0. The first-order chi connectivity index (χ1) is 13.1. The van der Waals surface area contributed by atoms with Gasteiger partial charge in [-0.15, -0.1) is 0 Å². The molecule has 0 aliphatic rings. The number of carbonyl (C=O) groups is 1. The predicted octanol–water partition coefficient (Wildman–Crippen LogP) is 4.83. The zero-order chi connectivity index (χ0) is 19.5. The summed E-state index contributed by atoms with van der Waals surface area (Å²) in [6, 6.07) is 15.3. The van der Waals surface area contributed by atoms with Crippen LogP contribution < -0.4 is 4.90 Å². The lowest BCUT2D eigenvalue weighted by Gasteiger charge is -2.22. The highest BCUT2D eigenvalue weighted by Gasteiger charge is 2.05. The molecule has 0 fully saturated rings. The summed E-state index contributed by atoms with van der Waals surface area (Å²) in [7, 11) is 0. The van der Waals surface area contributed by atoms with E-state index in [2.05, 4.69) is 20.0 Å². The van der Waals surface area contributed by atoms with Gasteiger partial charge in [-0.3, -0.25) is 10.1 Å². The van der Waals surface area contributed by atoms with Crippen LogP contribution in [0.2, 0.25) is 0 Å². The second-order valence-electron chi connectivity index (χ2n) is 6.04. The van der Waals surface area contributed by atoms with Crippen molar-refractivity contribution in [2.45, 2.75) is 26.2 Å². The van der Waals surface area contributed by atoms with Gasteiger partial charge in [0, 0.05) is 25.2 Å². The number of carboxylic acids is 1. The monoisotopic (exact) mass is 371 g/mol. The minimum absolute atomic E-state index is 0.175. The van der Waals surface area contributed by atoms with Gasteiger partial charge in [0.05, 0.1) is 18.0 Å². The van der Waals surface area contributed by atoms with Gasteiger partial charge in [0.1, 0.15) is 0 Å². The lowest BCUT2D eigenvalue weighted by molar-refractivity contribution is -0.241. The molecule has 0 aliphatic heterocycles. The third-order valence-electron chi connectivity index (χ3n) is 4.11. The van der Waals surface area contributed by atoms with E-state index in [1.807, 2.05) is 55.5 Å². The normalized spacial score (nSPS) is 11.0. The van der Waals surface area contributed by atoms with Crippen molar-refractivity contribution in [1.82, 2.24) is 0 Å². The molecular weight excluding hydrogens is 346 g/mol. The van der Waals surface area contributed by atoms with Crippen LogP contribution in [-0.4, -0.2) is 36.0 Å². The summed E-state index contributed by atoms with van der Waals surface area (Å²) in [5, 5.41) is 25.6. The molecule has 0 radical (unpaired) electrons. The van der Waals surface area contributed by atoms with Crippen LogP contribution in [0.5, 0.6) is 0 Å². The van der Waals surface area contributed by atoms with Gasteiger partial charge < -0.3 is 10.0 Å². The van der Waals surface area contributed by atoms with E-state index in [1.54, 1.807) is 0 Å². The Morgan fingerprint density at radius 2 is 1.63 bits per heavy atom. The molecule has 0 unspecified atom stereocenters. The van der Waals surface area contributed by atoms with Gasteiger partial charge in [0.2, 0.25) is 0 Å². The summed E-state index contributed by atoms with van der Waals surface area (Å²) in [4.78, 5) is 16.9. The van der Waals surface area contributed by atoms with Crippen LogP contribution in [0.4, 0.5) is 17.1 Å². The van der Waals surface area contributed by atoms with Crippen molar-refractivity contribution in [2.24, 2.45) is 10.2 Å². The van der Waals surface area contributed by atoms with E-state index < -0.39 is 5.97 Å². The maximum absolute atomic E-state index is 10.6. The Hall–Kier alpha value is -2.77. The van der Waals surface area contributed by atoms with Crippen LogP contribution in [0.3, 0.4) is 0 Å². The van der Waals surface area contributed by atoms with Gasteiger partial charge in [-0.25, -0.2) is 4.89 Å². The molecule has 144 valence electrons. The summed E-state index contributed by atoms with van der Waals surface area (Å²) in [6.45, 7) is 3.83. The standard InChI is InChI=1S/C20H25N3O4/c1-2-23(14-3-4-20(24)25)19-11-9-18(10-12-19)22-21-17-7-5-16(6-8-17)13-15-27-26/h5-12,26H,2-4,13-15H2,1H3,(H,24,25). The molecule has 2 aromatic rings. The molecule has 0 amide bonds. The molecular formula is C20H25N3O4. The molecule has 0 aromatic heterocycles. The van der Waals surface area contributed by atoms with Crippen molar-refractivity contribution < 1.29 is 20.0 Å². The van der Waals surface area contributed by atoms with Crippen molar-refractivity contribution in [3.05, 3.63) is 54.1 Å². The SMILES string of the molecule is CCN(CCCC(=O)O)c1ccc(N=Nc2ccc(CCOO)cc2)cc1. The maximum atomic E-state index is 10.6. The largest absolute Gasteiger partial charge is 0.481 e. The molecule has 0 spiro atoms. The van der Waals surface area contributed by atoms with Crippen molar-refractivity contribution in [1.29, 1.82) is 0 Å². The summed E-state index contributed by atoms with van der Waals surface area (Å²) < 4.78 is 0. The lowest BCUT2D eigenvalue weighted by atomic mass is 10.1. The Bertz CT molecular complexity index is 730. The Morgan fingerprint density at radius 1 is 1.04 bits per heavy atom. The van der Waals surface area contributed by atoms with Crippen LogP contribution in [0.1, 0.15) is 25.3 Å². The van der Waals surface area contributed by atoms with Crippen molar-refractivity contribution in [2.75, 3.05) is 24.6 Å². The molecule has 7 nitrogen and oxygen atoms in total. The molecule has 0 saturated carbocycles. The molecule has 0 aliphatic carbocycles. The first-order valence-electron chi connectivity index (χ1n) is 8.96. The number of azo groups is 1. The van der Waals surface area contributed by atoms with E-state index in [9.17, 15) is 4.79 Å². The topological polar surface area (TPSA) is 94.7 Å². The second kappa shape index (κ2) is 11.1. The molecule has 2 N–H and O–H groups in total. The van der Waals surface area contributed by atoms with Gasteiger partial charge in [-0.05, 0) is 61.7 Å². The molecule has 0 bridgehead atoms. The first-order valence-corrected chi connectivity index (χ1v) is 8.96. The number of hydrogen-bond acceptors (Lipinski definition) is 6. The average Bonchev–Trinajstić information content (AvgIpc) is 2.69. The fourth-order valence-corrected chi connectivity index (χ4v) is 2.63. The summed E-state index contributed by atoms with van der Waals surface area (Å²) in [6.07, 6.45) is 1.43. The molecule has 0 atom stereocenters. The average molecular weight is 371 g/mol. The van der Waals surface area contributed by atoms with Crippen LogP contribution in [0.25, 0.3) is 0 Å². The molecule has 2 aromatic carbocycles. The quantitative estimate of drug-likeness (QED) is 0.335. The van der Waals surface area contributed by atoms with E-state index >= 15 is 0 Å². The fraction of sp³-hybridized carbons (Fsp3) is 0.350. The highest BCUT2D eigenvalue weighted by Crippen LogP contribution is 2.23. The zero-order valence-corrected chi connectivity index (χ0v) is 15.4. The lowest BCUT2D eigenvalue weighted by Crippen LogP contribution is -2.24. The van der Waals surface area contributed by atoms with Gasteiger partial charge in [0.25, 0.3) is 0 Å². The minimum Gasteiger partial charge on any atom is -0.481 e. The Kier molecular flexibility index (Phi) is 8.41. The summed E-state index contributed by atoms with van der Waals surface area (Å²) in [5.74, 6) is -0.767. The maximum Gasteiger partial charge on any atom is 0.303 e.